The van der Waals surface area contributed by atoms with Gasteiger partial charge in [0.25, 0.3) is 0 Å². The van der Waals surface area contributed by atoms with E-state index in [0.717, 1.165) is 11.3 Å². The summed E-state index contributed by atoms with van der Waals surface area (Å²) in [6.45, 7) is 2.61. The molecule has 0 aliphatic rings. The molecule has 66 valence electrons. The van der Waals surface area contributed by atoms with Gasteiger partial charge in [-0.2, -0.15) is 0 Å². The lowest BCUT2D eigenvalue weighted by Crippen LogP contribution is -1.95. The lowest BCUT2D eigenvalue weighted by molar-refractivity contribution is 1.07. The fourth-order valence-corrected chi connectivity index (χ4v) is 1.51. The van der Waals surface area contributed by atoms with Crippen LogP contribution in [-0.2, 0) is 6.54 Å². The molecule has 1 aromatic heterocycles. The van der Waals surface area contributed by atoms with Crippen molar-refractivity contribution < 1.29 is 0 Å². The van der Waals surface area contributed by atoms with Crippen molar-refractivity contribution in [2.45, 2.75) is 13.5 Å². The van der Waals surface area contributed by atoms with Crippen molar-refractivity contribution >= 4 is 10.8 Å². The Morgan fingerprint density at radius 2 is 2.15 bits per heavy atom. The molecule has 1 aromatic carbocycles. The molecule has 0 saturated carbocycles. The molecule has 0 unspecified atom stereocenters. The Labute approximate surface area is 77.4 Å². The third kappa shape index (κ3) is 1.40. The maximum absolute atomic E-state index is 5.56. The summed E-state index contributed by atoms with van der Waals surface area (Å²) in [5.74, 6) is 0. The number of aromatic nitrogens is 1. The summed E-state index contributed by atoms with van der Waals surface area (Å²) in [6, 6.07) is 8.27. The van der Waals surface area contributed by atoms with Crippen LogP contribution in [0.15, 0.2) is 30.5 Å². The van der Waals surface area contributed by atoms with E-state index in [9.17, 15) is 0 Å². The van der Waals surface area contributed by atoms with E-state index in [-0.39, 0.29) is 0 Å². The van der Waals surface area contributed by atoms with Gasteiger partial charge in [-0.05, 0) is 30.0 Å². The van der Waals surface area contributed by atoms with Gasteiger partial charge in [0.2, 0.25) is 0 Å². The lowest BCUT2D eigenvalue weighted by atomic mass is 10.1. The summed E-state index contributed by atoms with van der Waals surface area (Å²) in [4.78, 5) is 4.23. The molecule has 0 radical (unpaired) electrons. The summed E-state index contributed by atoms with van der Waals surface area (Å²) in [7, 11) is 0. The quantitative estimate of drug-likeness (QED) is 0.714. The first-order valence-corrected chi connectivity index (χ1v) is 4.35. The van der Waals surface area contributed by atoms with Gasteiger partial charge >= 0.3 is 0 Å². The second kappa shape index (κ2) is 3.15. The van der Waals surface area contributed by atoms with Crippen molar-refractivity contribution in [3.8, 4) is 0 Å². The predicted molar refractivity (Wildman–Crippen MR) is 54.4 cm³/mol. The first-order valence-electron chi connectivity index (χ1n) is 4.35. The van der Waals surface area contributed by atoms with Crippen LogP contribution < -0.4 is 5.73 Å². The summed E-state index contributed by atoms with van der Waals surface area (Å²) < 4.78 is 0. The Hall–Kier alpha value is -1.41. The monoisotopic (exact) mass is 172 g/mol. The topological polar surface area (TPSA) is 38.9 Å². The minimum absolute atomic E-state index is 0.595. The highest BCUT2D eigenvalue weighted by molar-refractivity contribution is 5.84. The van der Waals surface area contributed by atoms with E-state index in [1.54, 1.807) is 0 Å². The Bertz CT molecular complexity index is 435. The molecule has 0 bridgehead atoms. The van der Waals surface area contributed by atoms with Gasteiger partial charge in [-0.3, -0.25) is 4.98 Å². The zero-order valence-electron chi connectivity index (χ0n) is 7.62. The highest BCUT2D eigenvalue weighted by Crippen LogP contribution is 2.17. The second-order valence-corrected chi connectivity index (χ2v) is 3.16. The molecule has 0 atom stereocenters. The number of fused-ring (bicyclic) bond motifs is 1. The lowest BCUT2D eigenvalue weighted by Gasteiger charge is -2.02. The van der Waals surface area contributed by atoms with E-state index in [4.69, 9.17) is 5.73 Å². The molecule has 0 saturated heterocycles. The summed E-state index contributed by atoms with van der Waals surface area (Å²) in [5, 5.41) is 2.43. The SMILES string of the molecule is Cc1nccc2cc(CN)ccc12. The van der Waals surface area contributed by atoms with Gasteiger partial charge in [-0.15, -0.1) is 0 Å². The Kier molecular flexibility index (Phi) is 1.99. The van der Waals surface area contributed by atoms with Crippen molar-refractivity contribution in [3.05, 3.63) is 41.7 Å². The van der Waals surface area contributed by atoms with E-state index in [0.29, 0.717) is 6.54 Å². The van der Waals surface area contributed by atoms with Gasteiger partial charge in [0.1, 0.15) is 0 Å². The maximum Gasteiger partial charge on any atom is 0.0450 e. The summed E-state index contributed by atoms with van der Waals surface area (Å²) in [5.41, 5.74) is 7.80. The second-order valence-electron chi connectivity index (χ2n) is 3.16. The van der Waals surface area contributed by atoms with E-state index in [2.05, 4.69) is 23.2 Å². The van der Waals surface area contributed by atoms with Crippen LogP contribution in [0.1, 0.15) is 11.3 Å². The number of hydrogen-bond donors (Lipinski definition) is 1. The van der Waals surface area contributed by atoms with Crippen LogP contribution in [0.3, 0.4) is 0 Å². The Balaban J connectivity index is 2.72. The maximum atomic E-state index is 5.56. The molecule has 2 aromatic rings. The number of pyridine rings is 1. The van der Waals surface area contributed by atoms with E-state index in [1.807, 2.05) is 19.2 Å². The number of aryl methyl sites for hydroxylation is 1. The smallest absolute Gasteiger partial charge is 0.0450 e. The highest BCUT2D eigenvalue weighted by atomic mass is 14.7. The van der Waals surface area contributed by atoms with Gasteiger partial charge in [-0.1, -0.05) is 12.1 Å². The first kappa shape index (κ1) is 8.20. The van der Waals surface area contributed by atoms with Gasteiger partial charge in [0.05, 0.1) is 0 Å². The minimum atomic E-state index is 0.595. The molecule has 1 heterocycles. The molecule has 2 heteroatoms. The van der Waals surface area contributed by atoms with Gasteiger partial charge in [-0.25, -0.2) is 0 Å². The number of nitrogens with zero attached hydrogens (tertiary/aromatic N) is 1. The van der Waals surface area contributed by atoms with Crippen molar-refractivity contribution in [2.24, 2.45) is 5.73 Å². The van der Waals surface area contributed by atoms with Crippen molar-refractivity contribution in [1.29, 1.82) is 0 Å². The molecule has 0 aliphatic heterocycles. The molecule has 2 nitrogen and oxygen atoms in total. The molecule has 0 fully saturated rings. The summed E-state index contributed by atoms with van der Waals surface area (Å²) in [6.07, 6.45) is 1.83. The number of rotatable bonds is 1. The molecule has 0 spiro atoms. The van der Waals surface area contributed by atoms with E-state index in [1.165, 1.54) is 10.8 Å². The number of hydrogen-bond acceptors (Lipinski definition) is 2. The van der Waals surface area contributed by atoms with Crippen LogP contribution in [0.2, 0.25) is 0 Å². The zero-order valence-corrected chi connectivity index (χ0v) is 7.62. The van der Waals surface area contributed by atoms with Crippen LogP contribution in [0.5, 0.6) is 0 Å². The Morgan fingerprint density at radius 1 is 1.31 bits per heavy atom. The fourth-order valence-electron chi connectivity index (χ4n) is 1.51. The molecule has 0 amide bonds. The largest absolute Gasteiger partial charge is 0.326 e. The van der Waals surface area contributed by atoms with Crippen molar-refractivity contribution in [1.82, 2.24) is 4.98 Å². The average molecular weight is 172 g/mol. The molecular formula is C11H12N2. The molecule has 2 rings (SSSR count). The number of nitrogens with two attached hydrogens (primary N) is 1. The standard InChI is InChI=1S/C11H12N2/c1-8-11-3-2-9(7-12)6-10(11)4-5-13-8/h2-6H,7,12H2,1H3. The third-order valence-electron chi connectivity index (χ3n) is 2.26. The predicted octanol–water partition coefficient (Wildman–Crippen LogP) is 2.00. The molecule has 13 heavy (non-hydrogen) atoms. The van der Waals surface area contributed by atoms with Gasteiger partial charge < -0.3 is 5.73 Å². The number of benzene rings is 1. The van der Waals surface area contributed by atoms with Crippen LogP contribution in [0.25, 0.3) is 10.8 Å². The molecular weight excluding hydrogens is 160 g/mol. The van der Waals surface area contributed by atoms with Crippen LogP contribution in [0, 0.1) is 6.92 Å². The summed E-state index contributed by atoms with van der Waals surface area (Å²) >= 11 is 0. The first-order chi connectivity index (χ1) is 6.31. The van der Waals surface area contributed by atoms with Crippen LogP contribution >= 0.6 is 0 Å². The van der Waals surface area contributed by atoms with Crippen LogP contribution in [0.4, 0.5) is 0 Å². The fraction of sp³-hybridized carbons (Fsp3) is 0.182. The Morgan fingerprint density at radius 3 is 2.92 bits per heavy atom. The average Bonchev–Trinajstić information content (AvgIpc) is 2.18. The van der Waals surface area contributed by atoms with E-state index < -0.39 is 0 Å². The molecule has 2 N–H and O–H groups in total. The zero-order chi connectivity index (χ0) is 9.26. The van der Waals surface area contributed by atoms with E-state index >= 15 is 0 Å². The third-order valence-corrected chi connectivity index (χ3v) is 2.26. The highest BCUT2D eigenvalue weighted by Gasteiger charge is 1.97. The molecule has 0 aliphatic carbocycles. The van der Waals surface area contributed by atoms with Crippen molar-refractivity contribution in [2.75, 3.05) is 0 Å². The normalized spacial score (nSPS) is 10.6. The van der Waals surface area contributed by atoms with Crippen molar-refractivity contribution in [3.63, 3.8) is 0 Å². The minimum Gasteiger partial charge on any atom is -0.326 e. The van der Waals surface area contributed by atoms with Gasteiger partial charge in [0, 0.05) is 23.8 Å². The van der Waals surface area contributed by atoms with Gasteiger partial charge in [0.15, 0.2) is 0 Å². The van der Waals surface area contributed by atoms with Crippen LogP contribution in [-0.4, -0.2) is 4.98 Å².